The Bertz CT molecular complexity index is 1050. The van der Waals surface area contributed by atoms with E-state index < -0.39 is 24.4 Å². The number of imide groups is 1. The summed E-state index contributed by atoms with van der Waals surface area (Å²) in [4.78, 5) is 41.1. The van der Waals surface area contributed by atoms with E-state index in [4.69, 9.17) is 4.74 Å². The molecule has 28 heavy (non-hydrogen) atoms. The van der Waals surface area contributed by atoms with Crippen molar-refractivity contribution in [1.82, 2.24) is 10.3 Å². The van der Waals surface area contributed by atoms with Crippen LogP contribution in [0.15, 0.2) is 54.6 Å². The molecule has 1 heterocycles. The van der Waals surface area contributed by atoms with Crippen LogP contribution in [0.3, 0.4) is 0 Å². The van der Waals surface area contributed by atoms with Crippen LogP contribution in [0.4, 0.5) is 0 Å². The van der Waals surface area contributed by atoms with Gasteiger partial charge in [0, 0.05) is 10.9 Å². The van der Waals surface area contributed by atoms with Crippen molar-refractivity contribution in [3.8, 4) is 0 Å². The molecule has 2 amide bonds. The van der Waals surface area contributed by atoms with Gasteiger partial charge in [-0.05, 0) is 37.1 Å². The monoisotopic (exact) mass is 376 g/mol. The third-order valence-electron chi connectivity index (χ3n) is 4.39. The standard InChI is InChI=1S/C22H20N2O4/c1-3-17-20(14(2)16-11-7-8-12-18(16)23-17)22(27)28-13-19(25)24-21(26)15-9-5-4-6-10-15/h4-12H,3,13H2,1-2H3,(H,24,25,26). The van der Waals surface area contributed by atoms with Crippen molar-refractivity contribution >= 4 is 28.7 Å². The molecule has 0 aliphatic rings. The molecule has 0 unspecified atom stereocenters. The lowest BCUT2D eigenvalue weighted by Crippen LogP contribution is -2.34. The van der Waals surface area contributed by atoms with Crippen molar-refractivity contribution in [2.24, 2.45) is 0 Å². The van der Waals surface area contributed by atoms with Crippen LogP contribution >= 0.6 is 0 Å². The first-order valence-corrected chi connectivity index (χ1v) is 8.95. The molecule has 142 valence electrons. The second-order valence-corrected chi connectivity index (χ2v) is 6.25. The van der Waals surface area contributed by atoms with Gasteiger partial charge in [0.1, 0.15) is 0 Å². The predicted molar refractivity (Wildman–Crippen MR) is 105 cm³/mol. The molecule has 0 fully saturated rings. The summed E-state index contributed by atoms with van der Waals surface area (Å²) in [6.45, 7) is 3.18. The number of aryl methyl sites for hydroxylation is 2. The van der Waals surface area contributed by atoms with Gasteiger partial charge in [-0.25, -0.2) is 4.79 Å². The zero-order valence-corrected chi connectivity index (χ0v) is 15.7. The van der Waals surface area contributed by atoms with Crippen molar-refractivity contribution in [1.29, 1.82) is 0 Å². The van der Waals surface area contributed by atoms with Crippen molar-refractivity contribution in [2.75, 3.05) is 6.61 Å². The molecule has 0 spiro atoms. The third-order valence-corrected chi connectivity index (χ3v) is 4.39. The normalized spacial score (nSPS) is 10.5. The highest BCUT2D eigenvalue weighted by atomic mass is 16.5. The molecule has 0 aliphatic heterocycles. The molecule has 0 saturated heterocycles. The fourth-order valence-electron chi connectivity index (χ4n) is 3.00. The summed E-state index contributed by atoms with van der Waals surface area (Å²) < 4.78 is 5.16. The quantitative estimate of drug-likeness (QED) is 0.691. The number of fused-ring (bicyclic) bond motifs is 1. The van der Waals surface area contributed by atoms with Gasteiger partial charge in [0.05, 0.1) is 16.8 Å². The number of amides is 2. The Morgan fingerprint density at radius 3 is 2.39 bits per heavy atom. The molecular weight excluding hydrogens is 356 g/mol. The topological polar surface area (TPSA) is 85.4 Å². The fourth-order valence-corrected chi connectivity index (χ4v) is 3.00. The summed E-state index contributed by atoms with van der Waals surface area (Å²) >= 11 is 0. The number of pyridine rings is 1. The smallest absolute Gasteiger partial charge is 0.340 e. The Morgan fingerprint density at radius 1 is 1.00 bits per heavy atom. The first-order chi connectivity index (χ1) is 13.5. The van der Waals surface area contributed by atoms with Crippen LogP contribution in [-0.4, -0.2) is 29.4 Å². The number of hydrogen-bond acceptors (Lipinski definition) is 5. The number of carbonyl (C=O) groups is 3. The zero-order valence-electron chi connectivity index (χ0n) is 15.7. The van der Waals surface area contributed by atoms with Gasteiger partial charge >= 0.3 is 5.97 Å². The van der Waals surface area contributed by atoms with E-state index in [9.17, 15) is 14.4 Å². The predicted octanol–water partition coefficient (Wildman–Crippen LogP) is 3.22. The average molecular weight is 376 g/mol. The minimum absolute atomic E-state index is 0.352. The summed E-state index contributed by atoms with van der Waals surface area (Å²) in [5.41, 5.74) is 2.89. The summed E-state index contributed by atoms with van der Waals surface area (Å²) in [5, 5.41) is 3.06. The van der Waals surface area contributed by atoms with E-state index in [0.717, 1.165) is 16.5 Å². The second-order valence-electron chi connectivity index (χ2n) is 6.25. The van der Waals surface area contributed by atoms with Gasteiger partial charge in [-0.15, -0.1) is 0 Å². The number of para-hydroxylation sites is 1. The molecule has 0 bridgehead atoms. The minimum atomic E-state index is -0.688. The number of esters is 1. The highest BCUT2D eigenvalue weighted by molar-refractivity contribution is 6.05. The zero-order chi connectivity index (χ0) is 20.1. The average Bonchev–Trinajstić information content (AvgIpc) is 2.72. The van der Waals surface area contributed by atoms with Crippen molar-refractivity contribution < 1.29 is 19.1 Å². The number of rotatable bonds is 5. The first-order valence-electron chi connectivity index (χ1n) is 8.95. The molecule has 1 aromatic heterocycles. The molecule has 2 aromatic carbocycles. The number of nitrogens with one attached hydrogen (secondary N) is 1. The Labute approximate surface area is 162 Å². The van der Waals surface area contributed by atoms with Crippen LogP contribution in [0.5, 0.6) is 0 Å². The van der Waals surface area contributed by atoms with Crippen LogP contribution < -0.4 is 5.32 Å². The first kappa shape index (κ1) is 19.2. The van der Waals surface area contributed by atoms with E-state index >= 15 is 0 Å². The number of carbonyl (C=O) groups excluding carboxylic acids is 3. The lowest BCUT2D eigenvalue weighted by atomic mass is 10.0. The summed E-state index contributed by atoms with van der Waals surface area (Å²) in [6.07, 6.45) is 0.550. The van der Waals surface area contributed by atoms with Crippen LogP contribution in [0.2, 0.25) is 0 Å². The van der Waals surface area contributed by atoms with Crippen LogP contribution in [0.1, 0.15) is 38.9 Å². The number of hydrogen-bond donors (Lipinski definition) is 1. The van der Waals surface area contributed by atoms with Gasteiger partial charge in [0.2, 0.25) is 0 Å². The lowest BCUT2D eigenvalue weighted by Gasteiger charge is -2.13. The number of benzene rings is 2. The van der Waals surface area contributed by atoms with Crippen LogP contribution in [0, 0.1) is 6.92 Å². The van der Waals surface area contributed by atoms with Crippen molar-refractivity contribution in [3.63, 3.8) is 0 Å². The Balaban J connectivity index is 1.72. The largest absolute Gasteiger partial charge is 0.452 e. The Hall–Kier alpha value is -3.54. The summed E-state index contributed by atoms with van der Waals surface area (Å²) in [7, 11) is 0. The molecular formula is C22H20N2O4. The third kappa shape index (κ3) is 4.06. The molecule has 0 atom stereocenters. The van der Waals surface area contributed by atoms with Gasteiger partial charge in [-0.1, -0.05) is 43.3 Å². The maximum atomic E-state index is 12.6. The Kier molecular flexibility index (Phi) is 5.79. The van der Waals surface area contributed by atoms with Crippen LogP contribution in [-0.2, 0) is 16.0 Å². The lowest BCUT2D eigenvalue weighted by molar-refractivity contribution is -0.123. The number of nitrogens with zero attached hydrogens (tertiary/aromatic N) is 1. The summed E-state index contributed by atoms with van der Waals surface area (Å²) in [5.74, 6) is -1.86. The van der Waals surface area contributed by atoms with E-state index in [1.165, 1.54) is 0 Å². The number of aromatic nitrogens is 1. The maximum absolute atomic E-state index is 12.6. The van der Waals surface area contributed by atoms with E-state index in [-0.39, 0.29) is 0 Å². The van der Waals surface area contributed by atoms with Crippen LogP contribution in [0.25, 0.3) is 10.9 Å². The molecule has 0 saturated carbocycles. The second kappa shape index (κ2) is 8.43. The number of ether oxygens (including phenoxy) is 1. The molecule has 0 aliphatic carbocycles. The van der Waals surface area contributed by atoms with Crippen molar-refractivity contribution in [3.05, 3.63) is 77.0 Å². The molecule has 6 nitrogen and oxygen atoms in total. The SMILES string of the molecule is CCc1nc2ccccc2c(C)c1C(=O)OCC(=O)NC(=O)c1ccccc1. The molecule has 6 heteroatoms. The molecule has 0 radical (unpaired) electrons. The van der Waals surface area contributed by atoms with E-state index in [0.29, 0.717) is 23.2 Å². The molecule has 1 N–H and O–H groups in total. The molecule has 3 rings (SSSR count). The van der Waals surface area contributed by atoms with Gasteiger partial charge in [-0.3, -0.25) is 19.9 Å². The molecule has 3 aromatic rings. The highest BCUT2D eigenvalue weighted by Gasteiger charge is 2.20. The van der Waals surface area contributed by atoms with Crippen molar-refractivity contribution in [2.45, 2.75) is 20.3 Å². The van der Waals surface area contributed by atoms with Gasteiger partial charge in [-0.2, -0.15) is 0 Å². The Morgan fingerprint density at radius 2 is 1.68 bits per heavy atom. The highest BCUT2D eigenvalue weighted by Crippen LogP contribution is 2.24. The van der Waals surface area contributed by atoms with Gasteiger partial charge in [0.15, 0.2) is 6.61 Å². The van der Waals surface area contributed by atoms with Gasteiger partial charge < -0.3 is 4.74 Å². The maximum Gasteiger partial charge on any atom is 0.340 e. The summed E-state index contributed by atoms with van der Waals surface area (Å²) in [6, 6.07) is 15.9. The fraction of sp³-hybridized carbons (Fsp3) is 0.182. The van der Waals surface area contributed by atoms with Gasteiger partial charge in [0.25, 0.3) is 11.8 Å². The van der Waals surface area contributed by atoms with E-state index in [2.05, 4.69) is 10.3 Å². The minimum Gasteiger partial charge on any atom is -0.452 e. The van der Waals surface area contributed by atoms with E-state index in [1.54, 1.807) is 30.3 Å². The van der Waals surface area contributed by atoms with E-state index in [1.807, 2.05) is 38.1 Å².